The number of hydrogen-bond donors (Lipinski definition) is 0. The van der Waals surface area contributed by atoms with Crippen molar-refractivity contribution in [3.05, 3.63) is 192 Å². The molecule has 2 aliphatic carbocycles. The molecule has 7 aromatic rings. The number of nitrogens with zero attached hydrogens (tertiary/aromatic N) is 4. The molecule has 0 bridgehead atoms. The van der Waals surface area contributed by atoms with E-state index in [0.29, 0.717) is 5.92 Å². The summed E-state index contributed by atoms with van der Waals surface area (Å²) in [6.07, 6.45) is 14.5. The van der Waals surface area contributed by atoms with Gasteiger partial charge in [-0.3, -0.25) is 4.99 Å². The molecule has 4 nitrogen and oxygen atoms in total. The maximum absolute atomic E-state index is 5.76. The van der Waals surface area contributed by atoms with Gasteiger partial charge in [0.15, 0.2) is 5.82 Å². The number of para-hydroxylation sites is 2. The molecule has 3 atom stereocenters. The quantitative estimate of drug-likeness (QED) is 0.181. The largest absolute Gasteiger partial charge is 0.312 e. The van der Waals surface area contributed by atoms with Crippen molar-refractivity contribution >= 4 is 22.7 Å². The van der Waals surface area contributed by atoms with Gasteiger partial charge in [-0.05, 0) is 60.7 Å². The van der Waals surface area contributed by atoms with Crippen LogP contribution in [0.1, 0.15) is 47.7 Å². The van der Waals surface area contributed by atoms with Gasteiger partial charge in [0.1, 0.15) is 0 Å². The van der Waals surface area contributed by atoms with E-state index in [9.17, 15) is 0 Å². The standard InChI is InChI=1S/C49H38N4/c1-32-25-26-36-38(48-50-42(33-16-6-3-7-17-33)31-43(51-48)34-18-8-4-9-19-34)28-27-37(40(36)30-32)46-45-39-22-12-13-24-44(39)53(35-20-10-5-11-21-35)47(45)41-23-14-15-29-49(41,2)52-46/h3-29,31-32,41H,30H2,1-2H3. The van der Waals surface area contributed by atoms with Crippen molar-refractivity contribution in [3.8, 4) is 39.6 Å². The minimum absolute atomic E-state index is 0.0818. The van der Waals surface area contributed by atoms with Crippen LogP contribution in [0.4, 0.5) is 0 Å². The Balaban J connectivity index is 1.23. The third-order valence-corrected chi connectivity index (χ3v) is 11.1. The lowest BCUT2D eigenvalue weighted by molar-refractivity contribution is 0.502. The first-order valence-corrected chi connectivity index (χ1v) is 18.6. The molecular weight excluding hydrogens is 645 g/mol. The van der Waals surface area contributed by atoms with Crippen LogP contribution in [-0.4, -0.2) is 25.8 Å². The zero-order valence-electron chi connectivity index (χ0n) is 29.8. The number of hydrogen-bond acceptors (Lipinski definition) is 3. The van der Waals surface area contributed by atoms with Gasteiger partial charge in [-0.15, -0.1) is 0 Å². The number of allylic oxidation sites excluding steroid dienone is 3. The van der Waals surface area contributed by atoms with E-state index in [0.717, 1.165) is 51.7 Å². The first-order chi connectivity index (χ1) is 26.1. The number of fused-ring (bicyclic) bond motifs is 6. The molecule has 0 spiro atoms. The zero-order valence-corrected chi connectivity index (χ0v) is 29.8. The van der Waals surface area contributed by atoms with Crippen molar-refractivity contribution in [1.29, 1.82) is 0 Å². The van der Waals surface area contributed by atoms with E-state index < -0.39 is 5.54 Å². The van der Waals surface area contributed by atoms with Crippen LogP contribution in [0.5, 0.6) is 0 Å². The summed E-state index contributed by atoms with van der Waals surface area (Å²) in [5.74, 6) is 1.19. The van der Waals surface area contributed by atoms with E-state index >= 15 is 0 Å². The Bertz CT molecular complexity index is 2610. The van der Waals surface area contributed by atoms with Gasteiger partial charge in [-0.2, -0.15) is 0 Å². The van der Waals surface area contributed by atoms with Crippen molar-refractivity contribution in [2.24, 2.45) is 10.9 Å². The van der Waals surface area contributed by atoms with Crippen molar-refractivity contribution < 1.29 is 0 Å². The second-order valence-electron chi connectivity index (χ2n) is 14.6. The predicted octanol–water partition coefficient (Wildman–Crippen LogP) is 11.4. The molecule has 0 saturated carbocycles. The van der Waals surface area contributed by atoms with Crippen LogP contribution < -0.4 is 0 Å². The number of benzene rings is 5. The van der Waals surface area contributed by atoms with Crippen molar-refractivity contribution in [3.63, 3.8) is 0 Å². The summed E-state index contributed by atoms with van der Waals surface area (Å²) < 4.78 is 2.48. The van der Waals surface area contributed by atoms with Gasteiger partial charge in [-0.1, -0.05) is 147 Å². The lowest BCUT2D eigenvalue weighted by Crippen LogP contribution is -2.37. The van der Waals surface area contributed by atoms with Crippen molar-refractivity contribution in [2.75, 3.05) is 0 Å². The molecule has 3 heterocycles. The monoisotopic (exact) mass is 682 g/mol. The fourth-order valence-electron chi connectivity index (χ4n) is 8.57. The molecule has 3 unspecified atom stereocenters. The van der Waals surface area contributed by atoms with Crippen LogP contribution in [0.2, 0.25) is 0 Å². The van der Waals surface area contributed by atoms with Crippen LogP contribution in [0, 0.1) is 5.92 Å². The zero-order chi connectivity index (χ0) is 35.5. The second kappa shape index (κ2) is 12.4. The average molecular weight is 683 g/mol. The van der Waals surface area contributed by atoms with Gasteiger partial charge in [0.05, 0.1) is 28.2 Å². The third kappa shape index (κ3) is 5.16. The summed E-state index contributed by atoms with van der Waals surface area (Å²) in [6, 6.07) is 47.1. The fraction of sp³-hybridized carbons (Fsp3) is 0.122. The number of rotatable bonds is 5. The topological polar surface area (TPSA) is 43.1 Å². The van der Waals surface area contributed by atoms with Gasteiger partial charge < -0.3 is 4.57 Å². The smallest absolute Gasteiger partial charge is 0.161 e. The minimum atomic E-state index is -0.447. The number of aliphatic imine (C=N–C) groups is 1. The maximum atomic E-state index is 5.76. The first-order valence-electron chi connectivity index (χ1n) is 18.6. The lowest BCUT2D eigenvalue weighted by atomic mass is 9.74. The molecule has 3 aliphatic rings. The van der Waals surface area contributed by atoms with Crippen LogP contribution in [-0.2, 0) is 6.42 Å². The van der Waals surface area contributed by atoms with Gasteiger partial charge in [0, 0.05) is 50.5 Å². The molecule has 0 N–H and O–H groups in total. The Morgan fingerprint density at radius 3 is 2.04 bits per heavy atom. The van der Waals surface area contributed by atoms with Gasteiger partial charge in [-0.25, -0.2) is 9.97 Å². The molecule has 10 rings (SSSR count). The van der Waals surface area contributed by atoms with Crippen molar-refractivity contribution in [1.82, 2.24) is 14.5 Å². The lowest BCUT2D eigenvalue weighted by Gasteiger charge is -2.38. The predicted molar refractivity (Wildman–Crippen MR) is 219 cm³/mol. The van der Waals surface area contributed by atoms with E-state index in [1.165, 1.54) is 38.9 Å². The molecule has 0 saturated heterocycles. The highest BCUT2D eigenvalue weighted by molar-refractivity contribution is 6.23. The maximum Gasteiger partial charge on any atom is 0.161 e. The summed E-state index contributed by atoms with van der Waals surface area (Å²) in [4.78, 5) is 16.3. The summed E-state index contributed by atoms with van der Waals surface area (Å²) in [5.41, 5.74) is 14.1. The highest BCUT2D eigenvalue weighted by Crippen LogP contribution is 2.48. The molecule has 1 aliphatic heterocycles. The van der Waals surface area contributed by atoms with Crippen LogP contribution >= 0.6 is 0 Å². The Morgan fingerprint density at radius 1 is 0.679 bits per heavy atom. The summed E-state index contributed by atoms with van der Waals surface area (Å²) in [7, 11) is 0. The average Bonchev–Trinajstić information content (AvgIpc) is 3.56. The van der Waals surface area contributed by atoms with Crippen LogP contribution in [0.15, 0.2) is 169 Å². The summed E-state index contributed by atoms with van der Waals surface area (Å²) in [5, 5.41) is 1.22. The Morgan fingerprint density at radius 2 is 1.32 bits per heavy atom. The molecular formula is C49H38N4. The van der Waals surface area contributed by atoms with Gasteiger partial charge in [0.25, 0.3) is 0 Å². The number of aromatic nitrogens is 3. The van der Waals surface area contributed by atoms with Crippen LogP contribution in [0.3, 0.4) is 0 Å². The molecule has 5 aromatic carbocycles. The van der Waals surface area contributed by atoms with E-state index in [1.54, 1.807) is 0 Å². The molecule has 53 heavy (non-hydrogen) atoms. The van der Waals surface area contributed by atoms with E-state index in [1.807, 2.05) is 12.1 Å². The van der Waals surface area contributed by atoms with E-state index in [4.69, 9.17) is 15.0 Å². The Labute approximate surface area is 310 Å². The molecule has 0 radical (unpaired) electrons. The summed E-state index contributed by atoms with van der Waals surface area (Å²) in [6.45, 7) is 4.59. The highest BCUT2D eigenvalue weighted by Gasteiger charge is 2.43. The first kappa shape index (κ1) is 31.4. The minimum Gasteiger partial charge on any atom is -0.312 e. The normalized spacial score (nSPS) is 19.8. The molecule has 0 amide bonds. The second-order valence-corrected chi connectivity index (χ2v) is 14.6. The van der Waals surface area contributed by atoms with E-state index in [2.05, 4.69) is 176 Å². The molecule has 2 aromatic heterocycles. The highest BCUT2D eigenvalue weighted by atomic mass is 15.0. The fourth-order valence-corrected chi connectivity index (χ4v) is 8.57. The van der Waals surface area contributed by atoms with E-state index in [-0.39, 0.29) is 5.92 Å². The van der Waals surface area contributed by atoms with Gasteiger partial charge in [0.2, 0.25) is 0 Å². The summed E-state index contributed by atoms with van der Waals surface area (Å²) >= 11 is 0. The third-order valence-electron chi connectivity index (χ3n) is 11.1. The molecule has 254 valence electrons. The Kier molecular flexibility index (Phi) is 7.33. The van der Waals surface area contributed by atoms with Crippen molar-refractivity contribution in [2.45, 2.75) is 31.7 Å². The van der Waals surface area contributed by atoms with Gasteiger partial charge >= 0.3 is 0 Å². The van der Waals surface area contributed by atoms with Crippen LogP contribution in [0.25, 0.3) is 56.6 Å². The Hall–Kier alpha value is -6.39. The molecule has 4 heteroatoms. The SMILES string of the molecule is CC1C=Cc2c(-c3nc(-c4ccccc4)cc(-c4ccccc4)n3)ccc(C3=NC4(C)C=CC=CC4c4c3c3ccccc3n4-c3ccccc3)c2C1. The molecule has 0 fully saturated rings.